The van der Waals surface area contributed by atoms with Gasteiger partial charge in [0.15, 0.2) is 0 Å². The SMILES string of the molecule is CC(C)(C)[C@H](N)C(=O)Nc1cccc(Oc2ccncc2)c1. The van der Waals surface area contributed by atoms with E-state index in [1.165, 1.54) is 0 Å². The van der Waals surface area contributed by atoms with Gasteiger partial charge in [-0.1, -0.05) is 26.8 Å². The zero-order chi connectivity index (χ0) is 16.2. The second kappa shape index (κ2) is 6.58. The van der Waals surface area contributed by atoms with Gasteiger partial charge in [-0.2, -0.15) is 0 Å². The van der Waals surface area contributed by atoms with Crippen LogP contribution in [0.2, 0.25) is 0 Å². The van der Waals surface area contributed by atoms with Crippen molar-refractivity contribution in [1.82, 2.24) is 4.98 Å². The van der Waals surface area contributed by atoms with Crippen molar-refractivity contribution >= 4 is 11.6 Å². The van der Waals surface area contributed by atoms with Gasteiger partial charge < -0.3 is 15.8 Å². The molecule has 0 bridgehead atoms. The van der Waals surface area contributed by atoms with Crippen LogP contribution in [0.15, 0.2) is 48.8 Å². The van der Waals surface area contributed by atoms with Crippen molar-refractivity contribution in [3.8, 4) is 11.5 Å². The molecule has 22 heavy (non-hydrogen) atoms. The molecule has 1 amide bonds. The summed E-state index contributed by atoms with van der Waals surface area (Å²) in [6, 6.07) is 10.1. The van der Waals surface area contributed by atoms with Gasteiger partial charge in [0.05, 0.1) is 6.04 Å². The average Bonchev–Trinajstić information content (AvgIpc) is 2.47. The van der Waals surface area contributed by atoms with Gasteiger partial charge in [-0.25, -0.2) is 0 Å². The summed E-state index contributed by atoms with van der Waals surface area (Å²) < 4.78 is 5.71. The molecular weight excluding hydrogens is 278 g/mol. The maximum atomic E-state index is 12.1. The van der Waals surface area contributed by atoms with Gasteiger partial charge in [0, 0.05) is 24.1 Å². The molecule has 1 aromatic carbocycles. The van der Waals surface area contributed by atoms with Crippen LogP contribution in [0.3, 0.4) is 0 Å². The van der Waals surface area contributed by atoms with E-state index in [1.54, 1.807) is 36.7 Å². The average molecular weight is 299 g/mol. The Balaban J connectivity index is 2.07. The Labute approximate surface area is 130 Å². The normalized spacial score (nSPS) is 12.5. The number of hydrogen-bond donors (Lipinski definition) is 2. The molecule has 5 nitrogen and oxygen atoms in total. The van der Waals surface area contributed by atoms with Gasteiger partial charge in [0.2, 0.25) is 5.91 Å². The van der Waals surface area contributed by atoms with Gasteiger partial charge in [0.25, 0.3) is 0 Å². The van der Waals surface area contributed by atoms with E-state index in [9.17, 15) is 4.79 Å². The first-order valence-corrected chi connectivity index (χ1v) is 7.10. The molecule has 1 aromatic heterocycles. The number of hydrogen-bond acceptors (Lipinski definition) is 4. The zero-order valence-corrected chi connectivity index (χ0v) is 13.0. The summed E-state index contributed by atoms with van der Waals surface area (Å²) in [6.07, 6.45) is 3.31. The highest BCUT2D eigenvalue weighted by Gasteiger charge is 2.27. The fourth-order valence-corrected chi connectivity index (χ4v) is 1.79. The van der Waals surface area contributed by atoms with E-state index >= 15 is 0 Å². The summed E-state index contributed by atoms with van der Waals surface area (Å²) >= 11 is 0. The van der Waals surface area contributed by atoms with Crippen LogP contribution in [-0.4, -0.2) is 16.9 Å². The first-order valence-electron chi connectivity index (χ1n) is 7.10. The molecule has 2 aromatic rings. The number of anilines is 1. The minimum atomic E-state index is -0.586. The standard InChI is InChI=1S/C17H21N3O2/c1-17(2,3)15(18)16(21)20-12-5-4-6-14(11-12)22-13-7-9-19-10-8-13/h4-11,15H,18H2,1-3H3,(H,20,21)/t15-/m1/s1. The third-order valence-electron chi connectivity index (χ3n) is 3.20. The van der Waals surface area contributed by atoms with Crippen molar-refractivity contribution in [3.63, 3.8) is 0 Å². The number of benzene rings is 1. The van der Waals surface area contributed by atoms with Gasteiger partial charge in [0.1, 0.15) is 11.5 Å². The zero-order valence-electron chi connectivity index (χ0n) is 13.0. The van der Waals surface area contributed by atoms with Crippen molar-refractivity contribution in [2.45, 2.75) is 26.8 Å². The van der Waals surface area contributed by atoms with Crippen LogP contribution in [0.5, 0.6) is 11.5 Å². The maximum absolute atomic E-state index is 12.1. The number of rotatable bonds is 4. The molecule has 0 unspecified atom stereocenters. The van der Waals surface area contributed by atoms with E-state index in [2.05, 4.69) is 10.3 Å². The summed E-state index contributed by atoms with van der Waals surface area (Å²) in [5.74, 6) is 1.10. The predicted molar refractivity (Wildman–Crippen MR) is 86.8 cm³/mol. The lowest BCUT2D eigenvalue weighted by atomic mass is 9.87. The van der Waals surface area contributed by atoms with E-state index < -0.39 is 6.04 Å². The molecule has 0 saturated carbocycles. The van der Waals surface area contributed by atoms with Gasteiger partial charge in [-0.15, -0.1) is 0 Å². The monoisotopic (exact) mass is 299 g/mol. The Bertz CT molecular complexity index is 636. The molecule has 1 atom stereocenters. The van der Waals surface area contributed by atoms with E-state index in [0.717, 1.165) is 0 Å². The van der Waals surface area contributed by atoms with Crippen molar-refractivity contribution in [2.75, 3.05) is 5.32 Å². The second-order valence-corrected chi connectivity index (χ2v) is 6.15. The predicted octanol–water partition coefficient (Wildman–Crippen LogP) is 3.19. The molecule has 0 aliphatic heterocycles. The number of ether oxygens (including phenoxy) is 1. The van der Waals surface area contributed by atoms with Crippen LogP contribution in [0.4, 0.5) is 5.69 Å². The third-order valence-corrected chi connectivity index (χ3v) is 3.20. The topological polar surface area (TPSA) is 77.2 Å². The number of nitrogens with two attached hydrogens (primary N) is 1. The molecule has 0 aliphatic rings. The molecular formula is C17H21N3O2. The first-order chi connectivity index (χ1) is 10.4. The van der Waals surface area contributed by atoms with Crippen molar-refractivity contribution in [1.29, 1.82) is 0 Å². The molecule has 2 rings (SSSR count). The summed E-state index contributed by atoms with van der Waals surface area (Å²) in [5.41, 5.74) is 6.31. The van der Waals surface area contributed by atoms with Crippen LogP contribution < -0.4 is 15.8 Å². The highest BCUT2D eigenvalue weighted by molar-refractivity contribution is 5.95. The Hall–Kier alpha value is -2.40. The molecule has 0 fully saturated rings. The lowest BCUT2D eigenvalue weighted by molar-refractivity contribution is -0.119. The first kappa shape index (κ1) is 16.0. The van der Waals surface area contributed by atoms with Crippen molar-refractivity contribution < 1.29 is 9.53 Å². The van der Waals surface area contributed by atoms with Crippen LogP contribution in [0.1, 0.15) is 20.8 Å². The molecule has 0 radical (unpaired) electrons. The number of amides is 1. The molecule has 116 valence electrons. The van der Waals surface area contributed by atoms with E-state index in [4.69, 9.17) is 10.5 Å². The number of aromatic nitrogens is 1. The summed E-state index contributed by atoms with van der Waals surface area (Å²) in [5, 5.41) is 2.82. The van der Waals surface area contributed by atoms with Crippen LogP contribution in [-0.2, 0) is 4.79 Å². The fourth-order valence-electron chi connectivity index (χ4n) is 1.79. The number of carbonyl (C=O) groups excluding carboxylic acids is 1. The minimum Gasteiger partial charge on any atom is -0.457 e. The van der Waals surface area contributed by atoms with Gasteiger partial charge in [-0.05, 0) is 29.7 Å². The Morgan fingerprint density at radius 2 is 1.86 bits per heavy atom. The smallest absolute Gasteiger partial charge is 0.241 e. The largest absolute Gasteiger partial charge is 0.457 e. The fraction of sp³-hybridized carbons (Fsp3) is 0.294. The molecule has 1 heterocycles. The number of pyridine rings is 1. The van der Waals surface area contributed by atoms with Crippen LogP contribution in [0, 0.1) is 5.41 Å². The Kier molecular flexibility index (Phi) is 4.78. The van der Waals surface area contributed by atoms with Crippen molar-refractivity contribution in [2.24, 2.45) is 11.1 Å². The van der Waals surface area contributed by atoms with Crippen LogP contribution >= 0.6 is 0 Å². The number of nitrogens with zero attached hydrogens (tertiary/aromatic N) is 1. The number of nitrogens with one attached hydrogen (secondary N) is 1. The summed E-state index contributed by atoms with van der Waals surface area (Å²) in [7, 11) is 0. The molecule has 3 N–H and O–H groups in total. The quantitative estimate of drug-likeness (QED) is 0.909. The Morgan fingerprint density at radius 3 is 2.50 bits per heavy atom. The highest BCUT2D eigenvalue weighted by atomic mass is 16.5. The Morgan fingerprint density at radius 1 is 1.18 bits per heavy atom. The van der Waals surface area contributed by atoms with Gasteiger partial charge in [-0.3, -0.25) is 9.78 Å². The molecule has 0 spiro atoms. The minimum absolute atomic E-state index is 0.214. The second-order valence-electron chi connectivity index (χ2n) is 6.15. The molecule has 5 heteroatoms. The molecule has 0 aliphatic carbocycles. The summed E-state index contributed by atoms with van der Waals surface area (Å²) in [4.78, 5) is 16.1. The third kappa shape index (κ3) is 4.30. The van der Waals surface area contributed by atoms with E-state index in [-0.39, 0.29) is 11.3 Å². The lowest BCUT2D eigenvalue weighted by Crippen LogP contribution is -2.45. The van der Waals surface area contributed by atoms with E-state index in [0.29, 0.717) is 17.2 Å². The number of carbonyl (C=O) groups is 1. The molecule has 0 saturated heterocycles. The maximum Gasteiger partial charge on any atom is 0.241 e. The van der Waals surface area contributed by atoms with Gasteiger partial charge >= 0.3 is 0 Å². The summed E-state index contributed by atoms with van der Waals surface area (Å²) in [6.45, 7) is 5.79. The van der Waals surface area contributed by atoms with Crippen LogP contribution in [0.25, 0.3) is 0 Å². The van der Waals surface area contributed by atoms with E-state index in [1.807, 2.05) is 32.9 Å². The van der Waals surface area contributed by atoms with Crippen molar-refractivity contribution in [3.05, 3.63) is 48.8 Å². The highest BCUT2D eigenvalue weighted by Crippen LogP contribution is 2.24. The lowest BCUT2D eigenvalue weighted by Gasteiger charge is -2.25.